The Kier molecular flexibility index (Phi) is 12.5. The molecule has 3 N–H and O–H groups in total. The second-order valence-corrected chi connectivity index (χ2v) is 15.8. The summed E-state index contributed by atoms with van der Waals surface area (Å²) >= 11 is 7.32. The van der Waals surface area contributed by atoms with Gasteiger partial charge in [-0.15, -0.1) is 5.10 Å². The minimum absolute atomic E-state index is 0.0745. The fraction of sp³-hybridized carbons (Fsp3) is 0.618. The van der Waals surface area contributed by atoms with Gasteiger partial charge >= 0.3 is 12.3 Å². The molecular formula is C34H47ClF3N7O4S. The van der Waals surface area contributed by atoms with E-state index in [1.54, 1.807) is 13.1 Å². The van der Waals surface area contributed by atoms with Crippen LogP contribution in [0.15, 0.2) is 35.5 Å². The second-order valence-electron chi connectivity index (χ2n) is 14.6. The fourth-order valence-electron chi connectivity index (χ4n) is 5.82. The van der Waals surface area contributed by atoms with Gasteiger partial charge in [-0.1, -0.05) is 18.0 Å². The zero-order valence-corrected chi connectivity index (χ0v) is 30.9. The number of hydrogen-bond donors (Lipinski definition) is 3. The van der Waals surface area contributed by atoms with Gasteiger partial charge in [0.15, 0.2) is 5.82 Å². The van der Waals surface area contributed by atoms with E-state index in [2.05, 4.69) is 34.0 Å². The van der Waals surface area contributed by atoms with Gasteiger partial charge in [0.25, 0.3) is 5.91 Å². The summed E-state index contributed by atoms with van der Waals surface area (Å²) in [7, 11) is 0. The Morgan fingerprint density at radius 3 is 2.52 bits per heavy atom. The van der Waals surface area contributed by atoms with Crippen LogP contribution in [0.4, 0.5) is 18.0 Å². The summed E-state index contributed by atoms with van der Waals surface area (Å²) in [6.45, 7) is 12.6. The molecular weight excluding hydrogens is 695 g/mol. The van der Waals surface area contributed by atoms with Gasteiger partial charge in [-0.25, -0.2) is 14.5 Å². The van der Waals surface area contributed by atoms with E-state index in [9.17, 15) is 22.8 Å². The van der Waals surface area contributed by atoms with E-state index >= 15 is 0 Å². The monoisotopic (exact) mass is 741 g/mol. The highest BCUT2D eigenvalue weighted by Gasteiger charge is 2.62. The quantitative estimate of drug-likeness (QED) is 0.0722. The molecule has 1 saturated carbocycles. The zero-order chi connectivity index (χ0) is 36.9. The van der Waals surface area contributed by atoms with Crippen LogP contribution < -0.4 is 14.8 Å². The number of amides is 2. The lowest BCUT2D eigenvalue weighted by atomic mass is 9.93. The summed E-state index contributed by atoms with van der Waals surface area (Å²) in [6, 6.07) is 4.53. The largest absolute Gasteiger partial charge is 0.477 e. The smallest absolute Gasteiger partial charge is 0.410 e. The van der Waals surface area contributed by atoms with Crippen LogP contribution in [0.5, 0.6) is 5.88 Å². The first kappa shape index (κ1) is 39.3. The minimum atomic E-state index is -4.24. The van der Waals surface area contributed by atoms with E-state index in [0.29, 0.717) is 29.7 Å². The second kappa shape index (κ2) is 15.8. The lowest BCUT2D eigenvalue weighted by Crippen LogP contribution is -2.45. The predicted molar refractivity (Wildman–Crippen MR) is 188 cm³/mol. The summed E-state index contributed by atoms with van der Waals surface area (Å²) in [5, 5.41) is 15.5. The van der Waals surface area contributed by atoms with Crippen molar-refractivity contribution in [2.24, 2.45) is 11.3 Å². The summed E-state index contributed by atoms with van der Waals surface area (Å²) in [4.78, 5) is 32.2. The van der Waals surface area contributed by atoms with Crippen LogP contribution in [0.2, 0.25) is 5.15 Å². The number of pyridine rings is 1. The molecule has 50 heavy (non-hydrogen) atoms. The van der Waals surface area contributed by atoms with Gasteiger partial charge in [0.1, 0.15) is 10.8 Å². The Bertz CT molecular complexity index is 1570. The Morgan fingerprint density at radius 2 is 1.90 bits per heavy atom. The third kappa shape index (κ3) is 10.5. The maximum atomic E-state index is 13.1. The van der Waals surface area contributed by atoms with Crippen molar-refractivity contribution in [1.29, 1.82) is 5.41 Å². The molecule has 276 valence electrons. The van der Waals surface area contributed by atoms with Gasteiger partial charge in [-0.05, 0) is 110 Å². The standard InChI is InChI=1S/C34H47ClF3N7O4S/c1-22(39)25(20-40-16-8-7-9-23-19-32(5,6)44(21-23)30(47)49-31(2,3)4)50-43-29(46)24-10-11-26(41-28(24)35)45-17-12-27(42-45)48-18-15-33(13-14-33)34(36,37)38/h10-12,17,20,23,39-40H,7-9,13-16,18-19,21H2,1-6H3,(H,43,46)/b25-20+,39-22?. The highest BCUT2D eigenvalue weighted by Crippen LogP contribution is 2.59. The summed E-state index contributed by atoms with van der Waals surface area (Å²) in [5.74, 6) is 0.340. The molecule has 1 aliphatic carbocycles. The number of hydrogen-bond acceptors (Lipinski definition) is 9. The molecule has 1 aliphatic heterocycles. The number of carbonyl (C=O) groups is 2. The van der Waals surface area contributed by atoms with Crippen molar-refractivity contribution in [1.82, 2.24) is 29.7 Å². The van der Waals surface area contributed by atoms with Gasteiger partial charge in [-0.3, -0.25) is 9.52 Å². The van der Waals surface area contributed by atoms with Crippen molar-refractivity contribution < 1.29 is 32.2 Å². The third-order valence-corrected chi connectivity index (χ3v) is 10.00. The zero-order valence-electron chi connectivity index (χ0n) is 29.4. The number of halogens is 4. The SMILES string of the molecule is CC(=N)/C(=C\NCCCCC1CN(C(=O)OC(C)(C)C)C(C)(C)C1)SNC(=O)c1ccc(-n2ccc(OCCC3(C(F)(F)F)CC3)n2)nc1Cl. The Morgan fingerprint density at radius 1 is 1.18 bits per heavy atom. The number of aromatic nitrogens is 3. The Labute approximate surface area is 300 Å². The molecule has 0 spiro atoms. The van der Waals surface area contributed by atoms with Crippen LogP contribution >= 0.6 is 23.5 Å². The maximum absolute atomic E-state index is 13.1. The number of nitrogens with one attached hydrogen (secondary N) is 3. The van der Waals surface area contributed by atoms with Gasteiger partial charge in [0.05, 0.1) is 22.5 Å². The van der Waals surface area contributed by atoms with E-state index in [1.807, 2.05) is 25.7 Å². The normalized spacial score (nSPS) is 18.5. The number of rotatable bonds is 15. The number of nitrogens with zero attached hydrogens (tertiary/aromatic N) is 4. The molecule has 1 atom stereocenters. The average Bonchev–Trinajstić information content (AvgIpc) is 3.55. The molecule has 11 nitrogen and oxygen atoms in total. The molecule has 0 radical (unpaired) electrons. The van der Waals surface area contributed by atoms with Crippen LogP contribution in [0.1, 0.15) is 96.8 Å². The van der Waals surface area contributed by atoms with Gasteiger partial charge in [0, 0.05) is 42.8 Å². The predicted octanol–water partition coefficient (Wildman–Crippen LogP) is 8.09. The molecule has 2 aromatic heterocycles. The number of unbranched alkanes of at least 4 members (excludes halogenated alkanes) is 1. The molecule has 0 aromatic carbocycles. The minimum Gasteiger partial charge on any atom is -0.477 e. The van der Waals surface area contributed by atoms with Crippen molar-refractivity contribution >= 4 is 41.3 Å². The molecule has 2 aromatic rings. The van der Waals surface area contributed by atoms with Gasteiger partial charge in [0.2, 0.25) is 5.88 Å². The summed E-state index contributed by atoms with van der Waals surface area (Å²) in [5.41, 5.74) is -2.05. The number of alkyl halides is 3. The first-order valence-electron chi connectivity index (χ1n) is 16.7. The molecule has 1 unspecified atom stereocenters. The molecule has 3 heterocycles. The topological polar surface area (TPSA) is 134 Å². The number of ether oxygens (including phenoxy) is 2. The van der Waals surface area contributed by atoms with Crippen LogP contribution in [0.3, 0.4) is 0 Å². The maximum Gasteiger partial charge on any atom is 0.410 e. The molecule has 0 bridgehead atoms. The van der Waals surface area contributed by atoms with Gasteiger partial charge in [-0.2, -0.15) is 13.2 Å². The molecule has 16 heteroatoms. The fourth-order valence-corrected chi connectivity index (χ4v) is 6.67. The van der Waals surface area contributed by atoms with Crippen molar-refractivity contribution in [2.45, 2.75) is 104 Å². The van der Waals surface area contributed by atoms with Gasteiger partial charge < -0.3 is 25.1 Å². The highest BCUT2D eigenvalue weighted by atomic mass is 35.5. The molecule has 2 aliphatic rings. The molecule has 1 saturated heterocycles. The first-order valence-corrected chi connectivity index (χ1v) is 17.9. The summed E-state index contributed by atoms with van der Waals surface area (Å²) < 4.78 is 54.5. The number of allylic oxidation sites excluding steroid dienone is 1. The van der Waals surface area contributed by atoms with E-state index < -0.39 is 23.1 Å². The number of carbonyl (C=O) groups excluding carboxylic acids is 2. The third-order valence-electron chi connectivity index (χ3n) is 8.78. The van der Waals surface area contributed by atoms with Crippen LogP contribution in [0, 0.1) is 16.7 Å². The van der Waals surface area contributed by atoms with Crippen molar-refractivity contribution in [3.8, 4) is 11.7 Å². The lowest BCUT2D eigenvalue weighted by Gasteiger charge is -2.33. The lowest BCUT2D eigenvalue weighted by molar-refractivity contribution is -0.190. The average molecular weight is 742 g/mol. The van der Waals surface area contributed by atoms with E-state index in [1.165, 1.54) is 29.1 Å². The van der Waals surface area contributed by atoms with Crippen molar-refractivity contribution in [2.75, 3.05) is 19.7 Å². The first-order chi connectivity index (χ1) is 23.3. The highest BCUT2D eigenvalue weighted by molar-refractivity contribution is 8.02. The van der Waals surface area contributed by atoms with Crippen LogP contribution in [-0.4, -0.2) is 74.4 Å². The number of likely N-dealkylation sites (tertiary alicyclic amines) is 1. The van der Waals surface area contributed by atoms with Crippen LogP contribution in [-0.2, 0) is 4.74 Å². The molecule has 2 fully saturated rings. The van der Waals surface area contributed by atoms with E-state index in [-0.39, 0.29) is 59.8 Å². The van der Waals surface area contributed by atoms with E-state index in [0.717, 1.165) is 37.6 Å². The Hall–Kier alpha value is -3.46. The van der Waals surface area contributed by atoms with E-state index in [4.69, 9.17) is 26.5 Å². The van der Waals surface area contributed by atoms with Crippen molar-refractivity contribution in [3.63, 3.8) is 0 Å². The van der Waals surface area contributed by atoms with Crippen LogP contribution in [0.25, 0.3) is 5.82 Å². The molecule has 2 amide bonds. The van der Waals surface area contributed by atoms with Crippen molar-refractivity contribution in [3.05, 3.63) is 46.2 Å². The molecule has 4 rings (SSSR count). The summed E-state index contributed by atoms with van der Waals surface area (Å²) in [6.07, 6.45) is 2.62. The Balaban J connectivity index is 1.20.